The summed E-state index contributed by atoms with van der Waals surface area (Å²) in [6.45, 7) is 1.78. The maximum Gasteiger partial charge on any atom is 0.253 e. The number of halogens is 2. The van der Waals surface area contributed by atoms with E-state index in [9.17, 15) is 13.6 Å². The first-order valence-electron chi connectivity index (χ1n) is 9.09. The van der Waals surface area contributed by atoms with Crippen molar-refractivity contribution in [3.8, 4) is 0 Å². The number of benzene rings is 1. The predicted octanol–water partition coefficient (Wildman–Crippen LogP) is 4.92. The Morgan fingerprint density at radius 3 is 2.89 bits per heavy atom. The van der Waals surface area contributed by atoms with Crippen LogP contribution in [0.2, 0.25) is 0 Å². The minimum absolute atomic E-state index is 0.158. The van der Waals surface area contributed by atoms with Crippen LogP contribution >= 0.6 is 0 Å². The summed E-state index contributed by atoms with van der Waals surface area (Å²) in [4.78, 5) is 21.0. The lowest BCUT2D eigenvalue weighted by Crippen LogP contribution is -2.26. The van der Waals surface area contributed by atoms with Gasteiger partial charge in [0, 0.05) is 30.0 Å². The van der Waals surface area contributed by atoms with Crippen molar-refractivity contribution in [3.63, 3.8) is 0 Å². The average Bonchev–Trinajstić information content (AvgIpc) is 3.22. The number of allylic oxidation sites excluding steroid dienone is 2. The number of fused-ring (bicyclic) bond motifs is 1. The molecule has 1 amide bonds. The van der Waals surface area contributed by atoms with Crippen molar-refractivity contribution >= 4 is 22.4 Å². The van der Waals surface area contributed by atoms with Gasteiger partial charge in [-0.05, 0) is 25.0 Å². The largest absolute Gasteiger partial charge is 0.447 e. The molecule has 0 aliphatic heterocycles. The second-order valence-electron chi connectivity index (χ2n) is 6.96. The molecule has 2 aromatic heterocycles. The zero-order valence-corrected chi connectivity index (χ0v) is 15.3. The number of hydrogen-bond acceptors (Lipinski definition) is 4. The molecule has 4 rings (SSSR count). The van der Waals surface area contributed by atoms with Gasteiger partial charge in [-0.3, -0.25) is 9.78 Å². The van der Waals surface area contributed by atoms with Gasteiger partial charge in [0.15, 0.2) is 0 Å². The number of pyridine rings is 1. The zero-order chi connectivity index (χ0) is 19.7. The molecular weight excluding hydrogens is 364 g/mol. The molecule has 3 aromatic rings. The summed E-state index contributed by atoms with van der Waals surface area (Å²) in [7, 11) is 0. The van der Waals surface area contributed by atoms with Gasteiger partial charge < -0.3 is 9.73 Å². The van der Waals surface area contributed by atoms with E-state index in [1.807, 2.05) is 18.2 Å². The third-order valence-electron chi connectivity index (χ3n) is 4.90. The van der Waals surface area contributed by atoms with E-state index in [0.29, 0.717) is 23.4 Å². The van der Waals surface area contributed by atoms with Crippen molar-refractivity contribution in [1.82, 2.24) is 15.3 Å². The number of para-hydroxylation sites is 1. The van der Waals surface area contributed by atoms with E-state index in [4.69, 9.17) is 4.42 Å². The fraction of sp³-hybridized carbons (Fsp3) is 0.286. The Bertz CT molecular complexity index is 1040. The molecule has 0 bridgehead atoms. The fourth-order valence-electron chi connectivity index (χ4n) is 3.37. The molecule has 0 radical (unpaired) electrons. The van der Waals surface area contributed by atoms with Crippen molar-refractivity contribution < 1.29 is 18.0 Å². The molecule has 2 heterocycles. The molecule has 1 N–H and O–H groups in total. The number of alkyl halides is 2. The summed E-state index contributed by atoms with van der Waals surface area (Å²) in [6.07, 6.45) is 5.97. The number of amides is 1. The summed E-state index contributed by atoms with van der Waals surface area (Å²) >= 11 is 0. The summed E-state index contributed by atoms with van der Waals surface area (Å²) in [6, 6.07) is 6.97. The van der Waals surface area contributed by atoms with Crippen LogP contribution < -0.4 is 5.32 Å². The van der Waals surface area contributed by atoms with E-state index in [2.05, 4.69) is 15.3 Å². The standard InChI is InChI=1S/C21H19F2N3O2/c1-13(20-24-9-10-28-20)26-19(27)16-11-15-3-2-4-17(18(15)25-12-16)14-5-7-21(22,23)8-6-14/h2-5,9-13H,6-8H2,1H3,(H,26,27)/t13-/m0/s1. The lowest BCUT2D eigenvalue weighted by molar-refractivity contribution is -0.00602. The van der Waals surface area contributed by atoms with E-state index >= 15 is 0 Å². The number of carbonyl (C=O) groups excluding carboxylic acids is 1. The molecule has 1 atom stereocenters. The second kappa shape index (κ2) is 7.14. The Labute approximate surface area is 160 Å². The Morgan fingerprint density at radius 1 is 1.32 bits per heavy atom. The van der Waals surface area contributed by atoms with E-state index < -0.39 is 5.92 Å². The van der Waals surface area contributed by atoms with Crippen LogP contribution in [0, 0.1) is 0 Å². The van der Waals surface area contributed by atoms with Crippen LogP contribution in [-0.2, 0) is 0 Å². The van der Waals surface area contributed by atoms with Gasteiger partial charge in [0.05, 0.1) is 17.3 Å². The van der Waals surface area contributed by atoms with Crippen molar-refractivity contribution in [3.05, 3.63) is 66.0 Å². The lowest BCUT2D eigenvalue weighted by Gasteiger charge is -2.22. The number of nitrogens with one attached hydrogen (secondary N) is 1. The van der Waals surface area contributed by atoms with Gasteiger partial charge in [0.1, 0.15) is 12.3 Å². The van der Waals surface area contributed by atoms with E-state index in [1.54, 1.807) is 19.1 Å². The zero-order valence-electron chi connectivity index (χ0n) is 15.3. The minimum Gasteiger partial charge on any atom is -0.447 e. The third kappa shape index (κ3) is 3.65. The van der Waals surface area contributed by atoms with Gasteiger partial charge in [-0.15, -0.1) is 0 Å². The molecule has 7 heteroatoms. The van der Waals surface area contributed by atoms with Crippen molar-refractivity contribution in [2.75, 3.05) is 0 Å². The summed E-state index contributed by atoms with van der Waals surface area (Å²) in [5.41, 5.74) is 2.83. The number of oxazole rings is 1. The Kier molecular flexibility index (Phi) is 4.66. The lowest BCUT2D eigenvalue weighted by atomic mass is 9.90. The second-order valence-corrected chi connectivity index (χ2v) is 6.96. The topological polar surface area (TPSA) is 68.0 Å². The molecule has 0 saturated carbocycles. The molecule has 144 valence electrons. The molecule has 0 fully saturated rings. The van der Waals surface area contributed by atoms with Gasteiger partial charge in [-0.2, -0.15) is 0 Å². The highest BCUT2D eigenvalue weighted by atomic mass is 19.3. The first-order valence-corrected chi connectivity index (χ1v) is 9.09. The smallest absolute Gasteiger partial charge is 0.253 e. The maximum atomic E-state index is 13.4. The first kappa shape index (κ1) is 18.3. The van der Waals surface area contributed by atoms with Crippen molar-refractivity contribution in [1.29, 1.82) is 0 Å². The van der Waals surface area contributed by atoms with Gasteiger partial charge in [-0.25, -0.2) is 13.8 Å². The van der Waals surface area contributed by atoms with Crippen LogP contribution in [0.5, 0.6) is 0 Å². The number of hydrogen-bond donors (Lipinski definition) is 1. The van der Waals surface area contributed by atoms with Crippen LogP contribution in [0.1, 0.15) is 54.0 Å². The number of carbonyl (C=O) groups is 1. The average molecular weight is 383 g/mol. The Hall–Kier alpha value is -3.09. The van der Waals surface area contributed by atoms with Gasteiger partial charge in [0.2, 0.25) is 5.89 Å². The van der Waals surface area contributed by atoms with Crippen molar-refractivity contribution in [2.24, 2.45) is 0 Å². The van der Waals surface area contributed by atoms with Crippen LogP contribution in [0.25, 0.3) is 16.5 Å². The van der Waals surface area contributed by atoms with Crippen LogP contribution in [0.15, 0.2) is 53.4 Å². The molecule has 1 aromatic carbocycles. The van der Waals surface area contributed by atoms with E-state index in [-0.39, 0.29) is 24.8 Å². The minimum atomic E-state index is -2.63. The molecule has 5 nitrogen and oxygen atoms in total. The van der Waals surface area contributed by atoms with Crippen LogP contribution in [-0.4, -0.2) is 21.8 Å². The third-order valence-corrected chi connectivity index (χ3v) is 4.90. The molecule has 28 heavy (non-hydrogen) atoms. The normalized spacial score (nSPS) is 17.2. The fourth-order valence-corrected chi connectivity index (χ4v) is 3.37. The van der Waals surface area contributed by atoms with Gasteiger partial charge in [-0.1, -0.05) is 24.3 Å². The number of nitrogens with zero attached hydrogens (tertiary/aromatic N) is 2. The van der Waals surface area contributed by atoms with Crippen LogP contribution in [0.3, 0.4) is 0 Å². The molecule has 1 aliphatic carbocycles. The van der Waals surface area contributed by atoms with Crippen molar-refractivity contribution in [2.45, 2.75) is 38.2 Å². The maximum absolute atomic E-state index is 13.4. The van der Waals surface area contributed by atoms with E-state index in [0.717, 1.165) is 16.5 Å². The SMILES string of the molecule is C[C@H](NC(=O)c1cnc2c(C3=CCC(F)(F)CC3)cccc2c1)c1ncco1. The molecule has 0 saturated heterocycles. The highest BCUT2D eigenvalue weighted by Crippen LogP contribution is 2.37. The van der Waals surface area contributed by atoms with E-state index in [1.165, 1.54) is 18.7 Å². The summed E-state index contributed by atoms with van der Waals surface area (Å²) in [5, 5.41) is 3.60. The predicted molar refractivity (Wildman–Crippen MR) is 101 cm³/mol. The Morgan fingerprint density at radius 2 is 2.18 bits per heavy atom. The summed E-state index contributed by atoms with van der Waals surface area (Å²) < 4.78 is 32.1. The quantitative estimate of drug-likeness (QED) is 0.695. The molecular formula is C21H19F2N3O2. The van der Waals surface area contributed by atoms with Gasteiger partial charge >= 0.3 is 0 Å². The van der Waals surface area contributed by atoms with Gasteiger partial charge in [0.25, 0.3) is 11.8 Å². The molecule has 0 spiro atoms. The molecule has 0 unspecified atom stereocenters. The highest BCUT2D eigenvalue weighted by molar-refractivity contribution is 5.99. The monoisotopic (exact) mass is 383 g/mol. The highest BCUT2D eigenvalue weighted by Gasteiger charge is 2.31. The Balaban J connectivity index is 1.60. The number of rotatable bonds is 4. The molecule has 1 aliphatic rings. The summed E-state index contributed by atoms with van der Waals surface area (Å²) in [5.74, 6) is -2.50. The number of aromatic nitrogens is 2. The first-order chi connectivity index (χ1) is 13.4. The van der Waals surface area contributed by atoms with Crippen LogP contribution in [0.4, 0.5) is 8.78 Å².